The van der Waals surface area contributed by atoms with Gasteiger partial charge in [-0.15, -0.1) is 0 Å². The molecule has 1 aromatic heterocycles. The van der Waals surface area contributed by atoms with Gasteiger partial charge in [-0.05, 0) is 36.1 Å². The molecule has 0 bridgehead atoms. The third-order valence-corrected chi connectivity index (χ3v) is 4.38. The second kappa shape index (κ2) is 5.48. The van der Waals surface area contributed by atoms with Gasteiger partial charge in [0.25, 0.3) is 0 Å². The van der Waals surface area contributed by atoms with Crippen molar-refractivity contribution in [2.75, 3.05) is 13.2 Å². The van der Waals surface area contributed by atoms with Gasteiger partial charge in [-0.1, -0.05) is 11.6 Å². The second-order valence-electron chi connectivity index (χ2n) is 5.80. The molecule has 1 aromatic carbocycles. The number of aryl methyl sites for hydroxylation is 1. The molecule has 0 saturated heterocycles. The first kappa shape index (κ1) is 13.9. The summed E-state index contributed by atoms with van der Waals surface area (Å²) in [7, 11) is 0. The van der Waals surface area contributed by atoms with E-state index >= 15 is 0 Å². The Labute approximate surface area is 133 Å². The Bertz CT molecular complexity index is 714. The first-order chi connectivity index (χ1) is 10.7. The van der Waals surface area contributed by atoms with Crippen LogP contribution in [0.1, 0.15) is 23.2 Å². The fourth-order valence-electron chi connectivity index (χ4n) is 3.05. The molecule has 116 valence electrons. The SMILES string of the molecule is OC1CCc2cn(Cc3cc(Cl)c4c(c3)OCCO4)nc2C1. The van der Waals surface area contributed by atoms with Crippen LogP contribution in [0.25, 0.3) is 0 Å². The van der Waals surface area contributed by atoms with Crippen LogP contribution in [0.15, 0.2) is 18.3 Å². The van der Waals surface area contributed by atoms with Crippen molar-refractivity contribution in [2.24, 2.45) is 0 Å². The van der Waals surface area contributed by atoms with Crippen LogP contribution in [0.4, 0.5) is 0 Å². The maximum Gasteiger partial charge on any atom is 0.179 e. The van der Waals surface area contributed by atoms with E-state index in [1.165, 1.54) is 5.56 Å². The fraction of sp³-hybridized carbons (Fsp3) is 0.438. The Morgan fingerprint density at radius 1 is 1.32 bits per heavy atom. The fourth-order valence-corrected chi connectivity index (χ4v) is 3.34. The molecule has 5 nitrogen and oxygen atoms in total. The lowest BCUT2D eigenvalue weighted by Gasteiger charge is -2.20. The van der Waals surface area contributed by atoms with E-state index in [-0.39, 0.29) is 6.10 Å². The van der Waals surface area contributed by atoms with Crippen molar-refractivity contribution in [2.45, 2.75) is 31.9 Å². The number of hydrogen-bond acceptors (Lipinski definition) is 4. The third kappa shape index (κ3) is 2.55. The zero-order valence-electron chi connectivity index (χ0n) is 12.1. The summed E-state index contributed by atoms with van der Waals surface area (Å²) in [5.74, 6) is 1.32. The normalized spacial score (nSPS) is 19.8. The van der Waals surface area contributed by atoms with Gasteiger partial charge in [0.15, 0.2) is 11.5 Å². The molecule has 1 aliphatic heterocycles. The Kier molecular flexibility index (Phi) is 3.47. The number of halogens is 1. The number of benzene rings is 1. The number of aromatic nitrogens is 2. The average Bonchev–Trinajstić information content (AvgIpc) is 2.88. The molecule has 0 amide bonds. The monoisotopic (exact) mass is 320 g/mol. The van der Waals surface area contributed by atoms with Crippen molar-refractivity contribution in [3.05, 3.63) is 40.2 Å². The molecule has 1 atom stereocenters. The quantitative estimate of drug-likeness (QED) is 0.921. The van der Waals surface area contributed by atoms with E-state index < -0.39 is 0 Å². The molecular weight excluding hydrogens is 304 g/mol. The lowest BCUT2D eigenvalue weighted by molar-refractivity contribution is 0.157. The van der Waals surface area contributed by atoms with Gasteiger partial charge in [-0.25, -0.2) is 0 Å². The molecule has 1 N–H and O–H groups in total. The zero-order chi connectivity index (χ0) is 15.1. The molecule has 0 spiro atoms. The summed E-state index contributed by atoms with van der Waals surface area (Å²) in [5, 5.41) is 14.9. The van der Waals surface area contributed by atoms with E-state index in [4.69, 9.17) is 21.1 Å². The lowest BCUT2D eigenvalue weighted by Crippen LogP contribution is -2.18. The summed E-state index contributed by atoms with van der Waals surface area (Å²) >= 11 is 6.27. The predicted molar refractivity (Wildman–Crippen MR) is 81.8 cm³/mol. The summed E-state index contributed by atoms with van der Waals surface area (Å²) < 4.78 is 13.0. The standard InChI is InChI=1S/C16H17ClN2O3/c17-13-5-10(6-15-16(13)22-4-3-21-15)8-19-9-11-1-2-12(20)7-14(11)18-19/h5-6,9,12,20H,1-4,7-8H2. The Balaban J connectivity index is 1.60. The van der Waals surface area contributed by atoms with E-state index in [0.29, 0.717) is 42.7 Å². The van der Waals surface area contributed by atoms with Crippen LogP contribution in [0, 0.1) is 0 Å². The molecular formula is C16H17ClN2O3. The maximum atomic E-state index is 9.73. The van der Waals surface area contributed by atoms with Crippen LogP contribution in [0.2, 0.25) is 5.02 Å². The van der Waals surface area contributed by atoms with Gasteiger partial charge in [0, 0.05) is 12.6 Å². The Hall–Kier alpha value is -1.72. The largest absolute Gasteiger partial charge is 0.486 e. The van der Waals surface area contributed by atoms with E-state index in [1.807, 2.05) is 16.8 Å². The minimum atomic E-state index is -0.264. The highest BCUT2D eigenvalue weighted by Crippen LogP contribution is 2.38. The molecule has 6 heteroatoms. The summed E-state index contributed by atoms with van der Waals surface area (Å²) in [5.41, 5.74) is 3.26. The van der Waals surface area contributed by atoms with Crippen molar-refractivity contribution in [3.63, 3.8) is 0 Å². The van der Waals surface area contributed by atoms with Crippen LogP contribution in [-0.2, 0) is 19.4 Å². The molecule has 2 aliphatic rings. The summed E-state index contributed by atoms with van der Waals surface area (Å²) in [6.45, 7) is 1.69. The van der Waals surface area contributed by atoms with Crippen molar-refractivity contribution >= 4 is 11.6 Å². The number of ether oxygens (including phenoxy) is 2. The van der Waals surface area contributed by atoms with Crippen molar-refractivity contribution < 1.29 is 14.6 Å². The van der Waals surface area contributed by atoms with Crippen molar-refractivity contribution in [1.29, 1.82) is 0 Å². The van der Waals surface area contributed by atoms with Crippen LogP contribution in [-0.4, -0.2) is 34.2 Å². The van der Waals surface area contributed by atoms with Crippen molar-refractivity contribution in [1.82, 2.24) is 9.78 Å². The average molecular weight is 321 g/mol. The Morgan fingerprint density at radius 2 is 2.18 bits per heavy atom. The van der Waals surface area contributed by atoms with Gasteiger partial charge in [0.1, 0.15) is 13.2 Å². The van der Waals surface area contributed by atoms with Crippen LogP contribution in [0.3, 0.4) is 0 Å². The van der Waals surface area contributed by atoms with Crippen LogP contribution >= 0.6 is 11.6 Å². The van der Waals surface area contributed by atoms with Crippen LogP contribution < -0.4 is 9.47 Å². The molecule has 2 aromatic rings. The van der Waals surface area contributed by atoms with Gasteiger partial charge in [-0.3, -0.25) is 4.68 Å². The number of aliphatic hydroxyl groups excluding tert-OH is 1. The highest BCUT2D eigenvalue weighted by Gasteiger charge is 2.21. The highest BCUT2D eigenvalue weighted by atomic mass is 35.5. The van der Waals surface area contributed by atoms with Gasteiger partial charge in [0.2, 0.25) is 0 Å². The van der Waals surface area contributed by atoms with Gasteiger partial charge in [0.05, 0.1) is 23.4 Å². The number of hydrogen-bond donors (Lipinski definition) is 1. The topological polar surface area (TPSA) is 56.5 Å². The molecule has 0 saturated carbocycles. The molecule has 2 heterocycles. The molecule has 1 aliphatic carbocycles. The smallest absolute Gasteiger partial charge is 0.179 e. The number of aliphatic hydroxyl groups is 1. The molecule has 4 rings (SSSR count). The predicted octanol–water partition coefficient (Wildman–Crippen LogP) is 2.21. The van der Waals surface area contributed by atoms with E-state index in [1.54, 1.807) is 0 Å². The maximum absolute atomic E-state index is 9.73. The minimum Gasteiger partial charge on any atom is -0.486 e. The number of fused-ring (bicyclic) bond motifs is 2. The number of nitrogens with zero attached hydrogens (tertiary/aromatic N) is 2. The first-order valence-corrected chi connectivity index (χ1v) is 7.88. The summed E-state index contributed by atoms with van der Waals surface area (Å²) in [6, 6.07) is 3.85. The number of rotatable bonds is 2. The van der Waals surface area contributed by atoms with Gasteiger partial charge in [-0.2, -0.15) is 5.10 Å². The summed E-state index contributed by atoms with van der Waals surface area (Å²) in [4.78, 5) is 0. The molecule has 0 fully saturated rings. The first-order valence-electron chi connectivity index (χ1n) is 7.50. The zero-order valence-corrected chi connectivity index (χ0v) is 12.8. The molecule has 1 unspecified atom stereocenters. The van der Waals surface area contributed by atoms with Gasteiger partial charge >= 0.3 is 0 Å². The van der Waals surface area contributed by atoms with Crippen molar-refractivity contribution in [3.8, 4) is 11.5 Å². The third-order valence-electron chi connectivity index (χ3n) is 4.10. The van der Waals surface area contributed by atoms with Gasteiger partial charge < -0.3 is 14.6 Å². The second-order valence-corrected chi connectivity index (χ2v) is 6.20. The minimum absolute atomic E-state index is 0.264. The molecule has 22 heavy (non-hydrogen) atoms. The lowest BCUT2D eigenvalue weighted by atomic mass is 9.96. The Morgan fingerprint density at radius 3 is 3.09 bits per heavy atom. The highest BCUT2D eigenvalue weighted by molar-refractivity contribution is 6.32. The van der Waals surface area contributed by atoms with Crippen LogP contribution in [0.5, 0.6) is 11.5 Å². The van der Waals surface area contributed by atoms with E-state index in [2.05, 4.69) is 11.3 Å². The molecule has 0 radical (unpaired) electrons. The summed E-state index contributed by atoms with van der Waals surface area (Å²) in [6.07, 6.45) is 4.14. The van der Waals surface area contributed by atoms with E-state index in [9.17, 15) is 5.11 Å². The van der Waals surface area contributed by atoms with E-state index in [0.717, 1.165) is 24.1 Å².